The fraction of sp³-hybridized carbons (Fsp3) is 0.680. The van der Waals surface area contributed by atoms with Gasteiger partial charge in [0.2, 0.25) is 0 Å². The summed E-state index contributed by atoms with van der Waals surface area (Å²) in [5.74, 6) is -1.62. The van der Waals surface area contributed by atoms with E-state index in [1.54, 1.807) is 32.0 Å². The molecule has 0 aliphatic heterocycles. The minimum Gasteiger partial charge on any atom is -0.465 e. The second-order valence-corrected chi connectivity index (χ2v) is 7.92. The number of carbonyl (C=O) groups excluding carboxylic acids is 2. The van der Waals surface area contributed by atoms with Crippen molar-refractivity contribution in [2.75, 3.05) is 6.61 Å². The topological polar surface area (TPSA) is 52.6 Å². The maximum Gasteiger partial charge on any atom is 0.323 e. The van der Waals surface area contributed by atoms with Crippen LogP contribution >= 0.6 is 0 Å². The third-order valence-corrected chi connectivity index (χ3v) is 5.79. The first-order valence-electron chi connectivity index (χ1n) is 11.6. The van der Waals surface area contributed by atoms with Crippen LogP contribution in [0.5, 0.6) is 0 Å². The quantitative estimate of drug-likeness (QED) is 0.168. The molecule has 1 aromatic carbocycles. The molecule has 0 bridgehead atoms. The highest BCUT2D eigenvalue weighted by molar-refractivity contribution is 5.99. The van der Waals surface area contributed by atoms with E-state index in [2.05, 4.69) is 6.92 Å². The van der Waals surface area contributed by atoms with Crippen LogP contribution in [0, 0.1) is 11.2 Å². The molecule has 0 heterocycles. The third-order valence-electron chi connectivity index (χ3n) is 5.79. The first kappa shape index (κ1) is 26.1. The number of rotatable bonds is 16. The fourth-order valence-electron chi connectivity index (χ4n) is 3.52. The predicted octanol–water partition coefficient (Wildman–Crippen LogP) is 6.75. The average molecular weight is 423 g/mol. The van der Waals surface area contributed by atoms with Gasteiger partial charge in [0.25, 0.3) is 0 Å². The van der Waals surface area contributed by atoms with Crippen molar-refractivity contribution in [1.29, 1.82) is 0 Å². The van der Waals surface area contributed by atoms with Crippen molar-refractivity contribution < 1.29 is 23.5 Å². The summed E-state index contributed by atoms with van der Waals surface area (Å²) in [6.45, 7) is 5.88. The van der Waals surface area contributed by atoms with E-state index in [0.717, 1.165) is 19.3 Å². The van der Waals surface area contributed by atoms with Gasteiger partial charge >= 0.3 is 11.9 Å². The van der Waals surface area contributed by atoms with Gasteiger partial charge in [-0.3, -0.25) is 9.59 Å². The average Bonchev–Trinajstić information content (AvgIpc) is 2.75. The van der Waals surface area contributed by atoms with Gasteiger partial charge in [-0.2, -0.15) is 0 Å². The van der Waals surface area contributed by atoms with Crippen LogP contribution in [0.3, 0.4) is 0 Å². The zero-order valence-corrected chi connectivity index (χ0v) is 19.0. The minimum absolute atomic E-state index is 0.196. The lowest BCUT2D eigenvalue weighted by Gasteiger charge is -2.27. The van der Waals surface area contributed by atoms with Gasteiger partial charge in [-0.25, -0.2) is 4.39 Å². The monoisotopic (exact) mass is 422 g/mol. The molecule has 0 saturated carbocycles. The summed E-state index contributed by atoms with van der Waals surface area (Å²) in [5.41, 5.74) is -1.04. The molecular weight excluding hydrogens is 383 g/mol. The van der Waals surface area contributed by atoms with Crippen LogP contribution in [0.4, 0.5) is 4.39 Å². The van der Waals surface area contributed by atoms with E-state index < -0.39 is 23.2 Å². The van der Waals surface area contributed by atoms with Crippen molar-refractivity contribution in [2.24, 2.45) is 5.41 Å². The molecule has 0 atom stereocenters. The molecule has 0 unspecified atom stereocenters. The number of halogens is 1. The Kier molecular flexibility index (Phi) is 13.0. The second kappa shape index (κ2) is 15.0. The van der Waals surface area contributed by atoms with Crippen molar-refractivity contribution in [2.45, 2.75) is 98.0 Å². The second-order valence-electron chi connectivity index (χ2n) is 7.92. The van der Waals surface area contributed by atoms with Gasteiger partial charge in [-0.05, 0) is 25.3 Å². The summed E-state index contributed by atoms with van der Waals surface area (Å²) in [6, 6.07) is 6.13. The molecule has 170 valence electrons. The van der Waals surface area contributed by atoms with E-state index in [1.807, 2.05) is 0 Å². The van der Waals surface area contributed by atoms with Crippen molar-refractivity contribution in [3.8, 4) is 0 Å². The van der Waals surface area contributed by atoms with Gasteiger partial charge in [0.15, 0.2) is 5.41 Å². The van der Waals surface area contributed by atoms with Crippen LogP contribution in [0.15, 0.2) is 24.3 Å². The number of benzene rings is 1. The molecular formula is C25H39FO4. The molecule has 0 saturated heterocycles. The zero-order chi connectivity index (χ0) is 22.2. The molecule has 4 nitrogen and oxygen atoms in total. The predicted molar refractivity (Wildman–Crippen MR) is 117 cm³/mol. The summed E-state index contributed by atoms with van der Waals surface area (Å²) in [4.78, 5) is 25.4. The maximum absolute atomic E-state index is 13.7. The van der Waals surface area contributed by atoms with Crippen LogP contribution in [0.25, 0.3) is 0 Å². The van der Waals surface area contributed by atoms with Gasteiger partial charge in [0.05, 0.1) is 6.61 Å². The van der Waals surface area contributed by atoms with Gasteiger partial charge in [0.1, 0.15) is 12.4 Å². The normalized spacial score (nSPS) is 11.3. The standard InChI is InChI=1S/C25H39FO4/c1-4-7-8-9-10-11-12-13-16-19-29-23(27)25(5-2,6-3)24(28)30-20-21-17-14-15-18-22(21)26/h14-15,17-18H,4-13,16,19-20H2,1-3H3. The molecule has 0 amide bonds. The van der Waals surface area contributed by atoms with Crippen LogP contribution in [0.2, 0.25) is 0 Å². The summed E-state index contributed by atoms with van der Waals surface area (Å²) in [5, 5.41) is 0. The lowest BCUT2D eigenvalue weighted by molar-refractivity contribution is -0.174. The molecule has 0 aromatic heterocycles. The van der Waals surface area contributed by atoms with E-state index in [-0.39, 0.29) is 25.0 Å². The highest BCUT2D eigenvalue weighted by Gasteiger charge is 2.45. The highest BCUT2D eigenvalue weighted by atomic mass is 19.1. The van der Waals surface area contributed by atoms with Crippen LogP contribution in [-0.2, 0) is 25.7 Å². The number of unbranched alkanes of at least 4 members (excludes halogenated alkanes) is 8. The number of hydrogen-bond donors (Lipinski definition) is 0. The first-order chi connectivity index (χ1) is 14.5. The Morgan fingerprint density at radius 1 is 0.800 bits per heavy atom. The van der Waals surface area contributed by atoms with E-state index >= 15 is 0 Å². The molecule has 5 heteroatoms. The Morgan fingerprint density at radius 2 is 1.33 bits per heavy atom. The molecule has 0 N–H and O–H groups in total. The molecule has 0 aliphatic carbocycles. The van der Waals surface area contributed by atoms with Crippen molar-refractivity contribution in [3.63, 3.8) is 0 Å². The summed E-state index contributed by atoms with van der Waals surface area (Å²) in [6.07, 6.45) is 11.2. The number of hydrogen-bond acceptors (Lipinski definition) is 4. The third kappa shape index (κ3) is 8.45. The lowest BCUT2D eigenvalue weighted by atomic mass is 9.82. The van der Waals surface area contributed by atoms with Crippen molar-refractivity contribution >= 4 is 11.9 Å². The Labute approximate surface area is 181 Å². The van der Waals surface area contributed by atoms with Gasteiger partial charge in [-0.1, -0.05) is 90.3 Å². The molecule has 0 fully saturated rings. The van der Waals surface area contributed by atoms with Crippen LogP contribution < -0.4 is 0 Å². The fourth-order valence-corrected chi connectivity index (χ4v) is 3.52. The lowest BCUT2D eigenvalue weighted by Crippen LogP contribution is -2.41. The van der Waals surface area contributed by atoms with Gasteiger partial charge in [-0.15, -0.1) is 0 Å². The van der Waals surface area contributed by atoms with E-state index in [4.69, 9.17) is 9.47 Å². The van der Waals surface area contributed by atoms with E-state index in [0.29, 0.717) is 6.61 Å². The Morgan fingerprint density at radius 3 is 1.90 bits per heavy atom. The number of esters is 2. The number of ether oxygens (including phenoxy) is 2. The van der Waals surface area contributed by atoms with Crippen LogP contribution in [-0.4, -0.2) is 18.5 Å². The van der Waals surface area contributed by atoms with Gasteiger partial charge < -0.3 is 9.47 Å². The molecule has 0 spiro atoms. The Bertz CT molecular complexity index is 625. The molecule has 0 radical (unpaired) electrons. The SMILES string of the molecule is CCCCCCCCCCCOC(=O)C(CC)(CC)C(=O)OCc1ccccc1F. The molecule has 0 aliphatic rings. The van der Waals surface area contributed by atoms with E-state index in [9.17, 15) is 14.0 Å². The smallest absolute Gasteiger partial charge is 0.323 e. The van der Waals surface area contributed by atoms with Gasteiger partial charge in [0, 0.05) is 5.56 Å². The summed E-state index contributed by atoms with van der Waals surface area (Å²) < 4.78 is 24.5. The highest BCUT2D eigenvalue weighted by Crippen LogP contribution is 2.31. The summed E-state index contributed by atoms with van der Waals surface area (Å²) >= 11 is 0. The van der Waals surface area contributed by atoms with Crippen molar-refractivity contribution in [1.82, 2.24) is 0 Å². The molecule has 1 aromatic rings. The summed E-state index contributed by atoms with van der Waals surface area (Å²) in [7, 11) is 0. The minimum atomic E-state index is -1.33. The molecule has 30 heavy (non-hydrogen) atoms. The van der Waals surface area contributed by atoms with Crippen LogP contribution in [0.1, 0.15) is 97.0 Å². The maximum atomic E-state index is 13.7. The Hall–Kier alpha value is -1.91. The van der Waals surface area contributed by atoms with Crippen molar-refractivity contribution in [3.05, 3.63) is 35.6 Å². The Balaban J connectivity index is 2.39. The molecule has 1 rings (SSSR count). The van der Waals surface area contributed by atoms with E-state index in [1.165, 1.54) is 44.6 Å². The largest absolute Gasteiger partial charge is 0.465 e. The zero-order valence-electron chi connectivity index (χ0n) is 19.0. The first-order valence-corrected chi connectivity index (χ1v) is 11.6. The number of carbonyl (C=O) groups is 2.